The first kappa shape index (κ1) is 18.4. The molecule has 0 unspecified atom stereocenters. The van der Waals surface area contributed by atoms with Gasteiger partial charge in [-0.15, -0.1) is 0 Å². The minimum atomic E-state index is -0.950. The summed E-state index contributed by atoms with van der Waals surface area (Å²) in [6.07, 6.45) is 7.55. The van der Waals surface area contributed by atoms with Gasteiger partial charge in [0.2, 0.25) is 0 Å². The Balaban J connectivity index is 1.68. The van der Waals surface area contributed by atoms with Crippen LogP contribution in [-0.2, 0) is 13.0 Å². The molecule has 26 heavy (non-hydrogen) atoms. The second-order valence-corrected chi connectivity index (χ2v) is 6.82. The molecule has 138 valence electrons. The molecule has 0 aliphatic carbocycles. The smallest absolute Gasteiger partial charge is 0.339 e. The second-order valence-electron chi connectivity index (χ2n) is 6.82. The molecule has 5 heteroatoms. The lowest BCUT2D eigenvalue weighted by Gasteiger charge is -2.36. The van der Waals surface area contributed by atoms with Crippen molar-refractivity contribution in [3.05, 3.63) is 59.4 Å². The Morgan fingerprint density at radius 1 is 1.31 bits per heavy atom. The summed E-state index contributed by atoms with van der Waals surface area (Å²) in [6.45, 7) is 1.83. The number of aryl methyl sites for hydroxylation is 1. The van der Waals surface area contributed by atoms with Gasteiger partial charge >= 0.3 is 5.97 Å². The fourth-order valence-electron chi connectivity index (χ4n) is 3.71. The molecule has 0 spiro atoms. The van der Waals surface area contributed by atoms with Gasteiger partial charge in [0, 0.05) is 24.5 Å². The number of nitrogens with zero attached hydrogens (tertiary/aromatic N) is 2. The van der Waals surface area contributed by atoms with Gasteiger partial charge in [0.15, 0.2) is 0 Å². The number of aromatic nitrogens is 1. The molecular weight excluding hydrogens is 328 g/mol. The maximum absolute atomic E-state index is 11.4. The van der Waals surface area contributed by atoms with E-state index >= 15 is 0 Å². The third-order valence-electron chi connectivity index (χ3n) is 5.09. The lowest BCUT2D eigenvalue weighted by molar-refractivity contribution is 0.0693. The van der Waals surface area contributed by atoms with Crippen LogP contribution >= 0.6 is 0 Å². The quantitative estimate of drug-likeness (QED) is 0.820. The van der Waals surface area contributed by atoms with E-state index in [1.165, 1.54) is 26.4 Å². The van der Waals surface area contributed by atoms with Crippen molar-refractivity contribution in [2.24, 2.45) is 0 Å². The first-order valence-electron chi connectivity index (χ1n) is 9.21. The van der Waals surface area contributed by atoms with Crippen molar-refractivity contribution in [3.8, 4) is 5.75 Å². The van der Waals surface area contributed by atoms with Gasteiger partial charge < -0.3 is 9.84 Å². The number of carbonyl (C=O) groups is 1. The molecule has 3 rings (SSSR count). The Bertz CT molecular complexity index is 733. The number of rotatable bonds is 7. The first-order valence-corrected chi connectivity index (χ1v) is 9.21. The number of hydrogen-bond donors (Lipinski definition) is 1. The molecule has 1 saturated heterocycles. The summed E-state index contributed by atoms with van der Waals surface area (Å²) in [7, 11) is 1.50. The molecular formula is C21H26N2O3. The molecule has 1 aliphatic rings. The summed E-state index contributed by atoms with van der Waals surface area (Å²) >= 11 is 0. The van der Waals surface area contributed by atoms with Crippen LogP contribution in [-0.4, -0.2) is 40.7 Å². The average molecular weight is 354 g/mol. The Labute approximate surface area is 154 Å². The van der Waals surface area contributed by atoms with Crippen LogP contribution in [0.3, 0.4) is 0 Å². The Morgan fingerprint density at radius 3 is 2.92 bits per heavy atom. The van der Waals surface area contributed by atoms with Gasteiger partial charge in [-0.05, 0) is 62.1 Å². The van der Waals surface area contributed by atoms with Crippen LogP contribution < -0.4 is 4.74 Å². The Morgan fingerprint density at radius 2 is 2.19 bits per heavy atom. The zero-order valence-corrected chi connectivity index (χ0v) is 15.2. The van der Waals surface area contributed by atoms with E-state index in [1.807, 2.05) is 24.4 Å². The number of aromatic carboxylic acids is 1. The number of pyridine rings is 1. The van der Waals surface area contributed by atoms with Crippen molar-refractivity contribution in [2.75, 3.05) is 13.7 Å². The third-order valence-corrected chi connectivity index (χ3v) is 5.09. The van der Waals surface area contributed by atoms with E-state index in [0.29, 0.717) is 11.8 Å². The lowest BCUT2D eigenvalue weighted by atomic mass is 9.96. The molecule has 1 N–H and O–H groups in total. The summed E-state index contributed by atoms with van der Waals surface area (Å²) < 4.78 is 5.16. The number of carboxylic acid groups (broad SMARTS) is 1. The van der Waals surface area contributed by atoms with Crippen molar-refractivity contribution in [3.63, 3.8) is 0 Å². The lowest BCUT2D eigenvalue weighted by Crippen LogP contribution is -2.39. The maximum atomic E-state index is 11.4. The van der Waals surface area contributed by atoms with Crippen molar-refractivity contribution >= 4 is 5.97 Å². The molecule has 5 nitrogen and oxygen atoms in total. The number of hydrogen-bond acceptors (Lipinski definition) is 4. The number of likely N-dealkylation sites (tertiary alicyclic amines) is 1. The van der Waals surface area contributed by atoms with Crippen molar-refractivity contribution in [1.82, 2.24) is 9.88 Å². The molecule has 2 heterocycles. The van der Waals surface area contributed by atoms with Gasteiger partial charge in [-0.2, -0.15) is 0 Å². The maximum Gasteiger partial charge on any atom is 0.339 e. The van der Waals surface area contributed by atoms with E-state index in [2.05, 4.69) is 16.0 Å². The number of methoxy groups -OCH3 is 1. The van der Waals surface area contributed by atoms with Gasteiger partial charge in [0.25, 0.3) is 0 Å². The minimum absolute atomic E-state index is 0.229. The molecule has 1 aromatic carbocycles. The van der Waals surface area contributed by atoms with Gasteiger partial charge in [0.1, 0.15) is 11.3 Å². The fraction of sp³-hybridized carbons (Fsp3) is 0.429. The minimum Gasteiger partial charge on any atom is -0.496 e. The number of carboxylic acids is 1. The van der Waals surface area contributed by atoms with Crippen molar-refractivity contribution in [2.45, 2.75) is 44.7 Å². The third kappa shape index (κ3) is 4.61. The zero-order chi connectivity index (χ0) is 18.4. The SMILES string of the molecule is COc1ccc(CN2CCCC[C@@H]2CCc2ccccn2)cc1C(=O)O. The second kappa shape index (κ2) is 8.81. The number of piperidine rings is 1. The molecule has 0 bridgehead atoms. The van der Waals surface area contributed by atoms with Gasteiger partial charge in [-0.3, -0.25) is 9.88 Å². The van der Waals surface area contributed by atoms with E-state index in [-0.39, 0.29) is 5.56 Å². The standard InChI is InChI=1S/C21H26N2O3/c1-26-20-11-8-16(14-19(20)21(24)25)15-23-13-5-3-7-18(23)10-9-17-6-2-4-12-22-17/h2,4,6,8,11-12,14,18H,3,5,7,9-10,13,15H2,1H3,(H,24,25)/t18-/m1/s1. The molecule has 1 atom stereocenters. The number of benzene rings is 1. The van der Waals surface area contributed by atoms with Crippen LogP contribution in [0.5, 0.6) is 5.75 Å². The topological polar surface area (TPSA) is 62.7 Å². The van der Waals surface area contributed by atoms with Crippen LogP contribution in [0.2, 0.25) is 0 Å². The summed E-state index contributed by atoms with van der Waals surface area (Å²) in [5.41, 5.74) is 2.38. The fourth-order valence-corrected chi connectivity index (χ4v) is 3.71. The molecule has 0 amide bonds. The normalized spacial score (nSPS) is 17.8. The highest BCUT2D eigenvalue weighted by Gasteiger charge is 2.23. The van der Waals surface area contributed by atoms with Crippen molar-refractivity contribution < 1.29 is 14.6 Å². The monoisotopic (exact) mass is 354 g/mol. The largest absolute Gasteiger partial charge is 0.496 e. The Kier molecular flexibility index (Phi) is 6.23. The summed E-state index contributed by atoms with van der Waals surface area (Å²) in [4.78, 5) is 18.4. The summed E-state index contributed by atoms with van der Waals surface area (Å²) in [6, 6.07) is 12.0. The Hall–Kier alpha value is -2.40. The van der Waals surface area contributed by atoms with E-state index < -0.39 is 5.97 Å². The zero-order valence-electron chi connectivity index (χ0n) is 15.2. The highest BCUT2D eigenvalue weighted by molar-refractivity contribution is 5.91. The van der Waals surface area contributed by atoms with E-state index in [1.54, 1.807) is 12.1 Å². The highest BCUT2D eigenvalue weighted by Crippen LogP contribution is 2.25. The predicted molar refractivity (Wildman–Crippen MR) is 101 cm³/mol. The molecule has 2 aromatic rings. The molecule has 1 aliphatic heterocycles. The van der Waals surface area contributed by atoms with E-state index in [0.717, 1.165) is 37.2 Å². The van der Waals surface area contributed by atoms with E-state index in [9.17, 15) is 9.90 Å². The van der Waals surface area contributed by atoms with Crippen LogP contribution in [0, 0.1) is 0 Å². The van der Waals surface area contributed by atoms with Crippen LogP contribution in [0.25, 0.3) is 0 Å². The highest BCUT2D eigenvalue weighted by atomic mass is 16.5. The molecule has 0 saturated carbocycles. The molecule has 1 aromatic heterocycles. The first-order chi connectivity index (χ1) is 12.7. The molecule has 0 radical (unpaired) electrons. The van der Waals surface area contributed by atoms with Gasteiger partial charge in [0.05, 0.1) is 7.11 Å². The van der Waals surface area contributed by atoms with Gasteiger partial charge in [-0.1, -0.05) is 18.6 Å². The predicted octanol–water partition coefficient (Wildman–Crippen LogP) is 3.78. The number of ether oxygens (including phenoxy) is 1. The van der Waals surface area contributed by atoms with Crippen LogP contribution in [0.4, 0.5) is 0 Å². The molecule has 1 fully saturated rings. The average Bonchev–Trinajstić information content (AvgIpc) is 2.68. The van der Waals surface area contributed by atoms with E-state index in [4.69, 9.17) is 4.74 Å². The summed E-state index contributed by atoms with van der Waals surface area (Å²) in [5.74, 6) is -0.541. The van der Waals surface area contributed by atoms with Gasteiger partial charge in [-0.25, -0.2) is 4.79 Å². The van der Waals surface area contributed by atoms with Crippen molar-refractivity contribution in [1.29, 1.82) is 0 Å². The summed E-state index contributed by atoms with van der Waals surface area (Å²) in [5, 5.41) is 9.39. The van der Waals surface area contributed by atoms with Crippen LogP contribution in [0.1, 0.15) is 47.3 Å². The van der Waals surface area contributed by atoms with Crippen LogP contribution in [0.15, 0.2) is 42.6 Å².